The van der Waals surface area contributed by atoms with E-state index in [4.69, 9.17) is 5.26 Å². The number of phenols is 1. The highest BCUT2D eigenvalue weighted by Gasteiger charge is 2.29. The van der Waals surface area contributed by atoms with Gasteiger partial charge in [0, 0.05) is 0 Å². The molecule has 1 unspecified atom stereocenters. The van der Waals surface area contributed by atoms with Gasteiger partial charge >= 0.3 is 0 Å². The van der Waals surface area contributed by atoms with Crippen molar-refractivity contribution in [3.8, 4) is 11.8 Å². The van der Waals surface area contributed by atoms with E-state index in [0.29, 0.717) is 30.1 Å². The second-order valence-corrected chi connectivity index (χ2v) is 7.48. The maximum Gasteiger partial charge on any atom is 0.189 e. The number of anilines is 1. The molecular formula is C23H27N5O2. The predicted molar refractivity (Wildman–Crippen MR) is 119 cm³/mol. The average Bonchev–Trinajstić information content (AvgIpc) is 3.00. The fourth-order valence-electron chi connectivity index (χ4n) is 3.44. The van der Waals surface area contributed by atoms with E-state index in [0.717, 1.165) is 12.0 Å². The van der Waals surface area contributed by atoms with Gasteiger partial charge in [-0.3, -0.25) is 10.4 Å². The average molecular weight is 406 g/mol. The van der Waals surface area contributed by atoms with Gasteiger partial charge in [-0.15, -0.1) is 0 Å². The number of nitrogens with one attached hydrogen (secondary N) is 1. The molecule has 0 aliphatic carbocycles. The van der Waals surface area contributed by atoms with Crippen LogP contribution in [0.25, 0.3) is 0 Å². The number of phenolic OH excluding ortho intramolecular Hbond substituents is 1. The van der Waals surface area contributed by atoms with Crippen molar-refractivity contribution < 1.29 is 10.2 Å². The maximum absolute atomic E-state index is 10.7. The van der Waals surface area contributed by atoms with Gasteiger partial charge < -0.3 is 10.2 Å². The molecule has 0 saturated heterocycles. The van der Waals surface area contributed by atoms with E-state index in [1.54, 1.807) is 13.0 Å². The first-order valence-electron chi connectivity index (χ1n) is 9.98. The number of aromatic hydroxyl groups is 1. The monoisotopic (exact) mass is 405 g/mol. The van der Waals surface area contributed by atoms with Crippen LogP contribution in [0.5, 0.6) is 5.75 Å². The molecule has 0 fully saturated rings. The Kier molecular flexibility index (Phi) is 6.70. The molecule has 3 N–H and O–H groups in total. The van der Waals surface area contributed by atoms with Crippen LogP contribution in [-0.4, -0.2) is 39.4 Å². The Hall–Kier alpha value is -3.37. The van der Waals surface area contributed by atoms with Crippen LogP contribution in [0, 0.1) is 25.2 Å². The summed E-state index contributed by atoms with van der Waals surface area (Å²) in [6, 6.07) is 13.9. The fraction of sp³-hybridized carbons (Fsp3) is 0.348. The van der Waals surface area contributed by atoms with Crippen LogP contribution < -0.4 is 5.43 Å². The van der Waals surface area contributed by atoms with Crippen LogP contribution in [0.2, 0.25) is 0 Å². The van der Waals surface area contributed by atoms with Crippen molar-refractivity contribution in [2.24, 2.45) is 10.2 Å². The second kappa shape index (κ2) is 9.42. The molecule has 0 amide bonds. The fourth-order valence-corrected chi connectivity index (χ4v) is 3.44. The van der Waals surface area contributed by atoms with Crippen molar-refractivity contribution in [3.63, 3.8) is 0 Å². The molecule has 0 bridgehead atoms. The first kappa shape index (κ1) is 21.3. The van der Waals surface area contributed by atoms with E-state index < -0.39 is 6.23 Å². The summed E-state index contributed by atoms with van der Waals surface area (Å²) in [5, 5.41) is 39.7. The van der Waals surface area contributed by atoms with E-state index in [9.17, 15) is 10.2 Å². The summed E-state index contributed by atoms with van der Waals surface area (Å²) in [6.45, 7) is 6.25. The first-order chi connectivity index (χ1) is 14.4. The Morgan fingerprint density at radius 2 is 1.93 bits per heavy atom. The highest BCUT2D eigenvalue weighted by Crippen LogP contribution is 2.29. The Labute approximate surface area is 177 Å². The van der Waals surface area contributed by atoms with Crippen LogP contribution in [0.1, 0.15) is 35.6 Å². The summed E-state index contributed by atoms with van der Waals surface area (Å²) in [4.78, 5) is 0. The molecule has 2 aromatic carbocycles. The van der Waals surface area contributed by atoms with Gasteiger partial charge in [-0.25, -0.2) is 0 Å². The van der Waals surface area contributed by atoms with Crippen LogP contribution in [-0.2, 0) is 12.8 Å². The number of aliphatic hydroxyl groups excluding tert-OH is 1. The van der Waals surface area contributed by atoms with E-state index in [1.165, 1.54) is 21.7 Å². The third-order valence-electron chi connectivity index (χ3n) is 5.21. The Morgan fingerprint density at radius 1 is 1.17 bits per heavy atom. The predicted octanol–water partition coefficient (Wildman–Crippen LogP) is 3.49. The zero-order valence-corrected chi connectivity index (χ0v) is 17.6. The smallest absolute Gasteiger partial charge is 0.189 e. The van der Waals surface area contributed by atoms with Crippen LogP contribution in [0.3, 0.4) is 0 Å². The van der Waals surface area contributed by atoms with Crippen LogP contribution in [0.15, 0.2) is 46.6 Å². The number of hydrogen-bond donors (Lipinski definition) is 3. The number of aryl methyl sites for hydroxylation is 4. The van der Waals surface area contributed by atoms with Crippen molar-refractivity contribution in [1.29, 1.82) is 5.26 Å². The SMILES string of the molecule is CC1=NN(CCC#N)C(O)/C1=N\Nc1cccc(CCc2cc(C)ccc2C)c1O. The van der Waals surface area contributed by atoms with E-state index in [-0.39, 0.29) is 12.2 Å². The molecule has 7 nitrogen and oxygen atoms in total. The minimum absolute atomic E-state index is 0.149. The molecule has 3 rings (SSSR count). The van der Waals surface area contributed by atoms with Gasteiger partial charge in [0.15, 0.2) is 6.23 Å². The number of hydrogen-bond acceptors (Lipinski definition) is 7. The van der Waals surface area contributed by atoms with Crippen LogP contribution >= 0.6 is 0 Å². The van der Waals surface area contributed by atoms with E-state index in [1.807, 2.05) is 18.2 Å². The molecule has 2 aromatic rings. The van der Waals surface area contributed by atoms with E-state index in [2.05, 4.69) is 47.7 Å². The number of nitrogens with zero attached hydrogens (tertiary/aromatic N) is 4. The van der Waals surface area contributed by atoms with Gasteiger partial charge in [0.1, 0.15) is 11.5 Å². The molecular weight excluding hydrogens is 378 g/mol. The number of hydrazone groups is 2. The summed E-state index contributed by atoms with van der Waals surface area (Å²) in [6.07, 6.45) is 0.781. The molecule has 1 atom stereocenters. The van der Waals surface area contributed by atoms with Gasteiger partial charge in [-0.05, 0) is 56.4 Å². The van der Waals surface area contributed by atoms with Crippen LogP contribution in [0.4, 0.5) is 5.69 Å². The van der Waals surface area contributed by atoms with Crippen molar-refractivity contribution in [2.75, 3.05) is 12.0 Å². The summed E-state index contributed by atoms with van der Waals surface area (Å²) in [5.74, 6) is 0.149. The highest BCUT2D eigenvalue weighted by molar-refractivity contribution is 6.44. The quantitative estimate of drug-likeness (QED) is 0.483. The number of aliphatic hydroxyl groups is 1. The zero-order valence-electron chi connectivity index (χ0n) is 17.6. The lowest BCUT2D eigenvalue weighted by Gasteiger charge is -2.17. The molecule has 0 saturated carbocycles. The molecule has 0 radical (unpaired) electrons. The van der Waals surface area contributed by atoms with Gasteiger partial charge in [-0.1, -0.05) is 35.9 Å². The zero-order chi connectivity index (χ0) is 21.7. The number of rotatable bonds is 7. The van der Waals surface area contributed by atoms with Gasteiger partial charge in [-0.2, -0.15) is 15.5 Å². The van der Waals surface area contributed by atoms with Gasteiger partial charge in [0.05, 0.1) is 30.4 Å². The molecule has 1 heterocycles. The molecule has 0 spiro atoms. The third-order valence-corrected chi connectivity index (χ3v) is 5.21. The number of benzene rings is 2. The summed E-state index contributed by atoms with van der Waals surface area (Å²) in [5.41, 5.74) is 8.83. The van der Waals surface area contributed by atoms with Crippen molar-refractivity contribution in [1.82, 2.24) is 5.01 Å². The minimum atomic E-state index is -1.01. The number of nitriles is 1. The minimum Gasteiger partial charge on any atom is -0.505 e. The molecule has 7 heteroatoms. The summed E-state index contributed by atoms with van der Waals surface area (Å²) < 4.78 is 0. The largest absolute Gasteiger partial charge is 0.505 e. The first-order valence-corrected chi connectivity index (χ1v) is 9.98. The Balaban J connectivity index is 1.71. The molecule has 0 aromatic heterocycles. The molecule has 156 valence electrons. The highest BCUT2D eigenvalue weighted by atomic mass is 16.3. The van der Waals surface area contributed by atoms with E-state index >= 15 is 0 Å². The maximum atomic E-state index is 10.7. The normalized spacial score (nSPS) is 17.2. The lowest BCUT2D eigenvalue weighted by molar-refractivity contribution is 0.0706. The number of para-hydroxylation sites is 1. The lowest BCUT2D eigenvalue weighted by atomic mass is 9.98. The Morgan fingerprint density at radius 3 is 2.70 bits per heavy atom. The Bertz CT molecular complexity index is 1020. The van der Waals surface area contributed by atoms with Gasteiger partial charge in [0.25, 0.3) is 0 Å². The second-order valence-electron chi connectivity index (χ2n) is 7.48. The van der Waals surface area contributed by atoms with Crippen molar-refractivity contribution >= 4 is 17.1 Å². The molecule has 30 heavy (non-hydrogen) atoms. The van der Waals surface area contributed by atoms with Crippen molar-refractivity contribution in [3.05, 3.63) is 58.7 Å². The summed E-state index contributed by atoms with van der Waals surface area (Å²) in [7, 11) is 0. The standard InChI is InChI=1S/C23H27N5O2/c1-15-8-9-16(2)19(14-15)11-10-18-6-4-7-20(22(18)29)25-26-21-17(3)27-28(23(21)30)13-5-12-24/h4,6-9,14,23,25,29-30H,5,10-11,13H2,1-3H3/b26-21-. The lowest BCUT2D eigenvalue weighted by Crippen LogP contribution is -2.34. The summed E-state index contributed by atoms with van der Waals surface area (Å²) >= 11 is 0. The topological polar surface area (TPSA) is 104 Å². The van der Waals surface area contributed by atoms with Crippen molar-refractivity contribution in [2.45, 2.75) is 46.3 Å². The third kappa shape index (κ3) is 4.78. The molecule has 1 aliphatic rings. The molecule has 1 aliphatic heterocycles. The van der Waals surface area contributed by atoms with Gasteiger partial charge in [0.2, 0.25) is 0 Å².